The molecule has 0 atom stereocenters. The quantitative estimate of drug-likeness (QED) is 0.419. The molecule has 7 nitrogen and oxygen atoms in total. The Balaban J connectivity index is 1.18. The number of nitrogens with zero attached hydrogens (tertiary/aromatic N) is 2. The molecule has 2 amide bonds. The SMILES string of the molecule is O=C(Nc1ccc(C(=O)NC2CCCC2)cc1)c1cccc(OCc2cn3ccccc3n2)c1. The van der Waals surface area contributed by atoms with Gasteiger partial charge in [0.05, 0.1) is 5.69 Å². The average Bonchev–Trinajstić information content (AvgIpc) is 3.53. The van der Waals surface area contributed by atoms with E-state index in [0.717, 1.165) is 24.2 Å². The van der Waals surface area contributed by atoms with Crippen molar-refractivity contribution < 1.29 is 14.3 Å². The van der Waals surface area contributed by atoms with Crippen LogP contribution in [0.25, 0.3) is 5.65 Å². The molecule has 2 aromatic heterocycles. The minimum atomic E-state index is -0.249. The molecule has 34 heavy (non-hydrogen) atoms. The molecule has 1 fully saturated rings. The number of benzene rings is 2. The number of rotatable bonds is 7. The Labute approximate surface area is 197 Å². The molecule has 0 spiro atoms. The van der Waals surface area contributed by atoms with Gasteiger partial charge in [-0.15, -0.1) is 0 Å². The smallest absolute Gasteiger partial charge is 0.255 e. The van der Waals surface area contributed by atoms with E-state index in [1.807, 2.05) is 41.1 Å². The van der Waals surface area contributed by atoms with Crippen molar-refractivity contribution in [2.24, 2.45) is 0 Å². The molecule has 5 rings (SSSR count). The van der Waals surface area contributed by atoms with Gasteiger partial charge >= 0.3 is 0 Å². The van der Waals surface area contributed by atoms with Gasteiger partial charge in [0.2, 0.25) is 0 Å². The lowest BCUT2D eigenvalue weighted by Crippen LogP contribution is -2.32. The molecule has 7 heteroatoms. The number of fused-ring (bicyclic) bond motifs is 1. The molecule has 0 saturated heterocycles. The van der Waals surface area contributed by atoms with Gasteiger partial charge in [-0.2, -0.15) is 0 Å². The summed E-state index contributed by atoms with van der Waals surface area (Å²) >= 11 is 0. The van der Waals surface area contributed by atoms with Gasteiger partial charge in [0, 0.05) is 35.2 Å². The number of pyridine rings is 1. The Hall–Kier alpha value is -4.13. The number of hydrogen-bond donors (Lipinski definition) is 2. The van der Waals surface area contributed by atoms with Crippen molar-refractivity contribution in [1.29, 1.82) is 0 Å². The second-order valence-corrected chi connectivity index (χ2v) is 8.50. The van der Waals surface area contributed by atoms with Crippen molar-refractivity contribution in [3.63, 3.8) is 0 Å². The predicted octanol–water partition coefficient (Wildman–Crippen LogP) is 4.84. The molecule has 4 aromatic rings. The van der Waals surface area contributed by atoms with E-state index in [0.29, 0.717) is 29.2 Å². The van der Waals surface area contributed by atoms with E-state index >= 15 is 0 Å². The van der Waals surface area contributed by atoms with Gasteiger partial charge in [0.25, 0.3) is 11.8 Å². The van der Waals surface area contributed by atoms with Gasteiger partial charge in [-0.3, -0.25) is 9.59 Å². The summed E-state index contributed by atoms with van der Waals surface area (Å²) in [5.41, 5.74) is 3.36. The number of amides is 2. The molecule has 2 heterocycles. The van der Waals surface area contributed by atoms with Gasteiger partial charge in [-0.05, 0) is 67.4 Å². The largest absolute Gasteiger partial charge is 0.487 e. The fourth-order valence-corrected chi connectivity index (χ4v) is 4.19. The Kier molecular flexibility index (Phi) is 6.25. The summed E-state index contributed by atoms with van der Waals surface area (Å²) in [7, 11) is 0. The van der Waals surface area contributed by atoms with E-state index in [4.69, 9.17) is 4.74 Å². The fourth-order valence-electron chi connectivity index (χ4n) is 4.19. The number of carbonyl (C=O) groups is 2. The molecule has 2 N–H and O–H groups in total. The summed E-state index contributed by atoms with van der Waals surface area (Å²) in [4.78, 5) is 29.7. The number of imidazole rings is 1. The van der Waals surface area contributed by atoms with E-state index in [-0.39, 0.29) is 17.9 Å². The molecule has 2 aromatic carbocycles. The van der Waals surface area contributed by atoms with Crippen LogP contribution >= 0.6 is 0 Å². The number of ether oxygens (including phenoxy) is 1. The van der Waals surface area contributed by atoms with E-state index in [1.165, 1.54) is 12.8 Å². The molecule has 1 aliphatic carbocycles. The summed E-state index contributed by atoms with van der Waals surface area (Å²) in [5, 5.41) is 5.95. The van der Waals surface area contributed by atoms with Crippen molar-refractivity contribution in [2.75, 3.05) is 5.32 Å². The van der Waals surface area contributed by atoms with Gasteiger partial charge in [0.15, 0.2) is 0 Å². The Morgan fingerprint density at radius 2 is 1.76 bits per heavy atom. The second kappa shape index (κ2) is 9.79. The zero-order chi connectivity index (χ0) is 23.3. The Bertz CT molecular complexity index is 1270. The summed E-state index contributed by atoms with van der Waals surface area (Å²) in [5.74, 6) is 0.269. The molecule has 1 saturated carbocycles. The lowest BCUT2D eigenvalue weighted by molar-refractivity contribution is 0.0937. The van der Waals surface area contributed by atoms with Crippen LogP contribution in [0.1, 0.15) is 52.1 Å². The lowest BCUT2D eigenvalue weighted by atomic mass is 10.1. The highest BCUT2D eigenvalue weighted by atomic mass is 16.5. The standard InChI is InChI=1S/C27H26N4O3/c32-26(29-21-7-1-2-8-21)19-11-13-22(14-12-19)30-27(33)20-6-5-9-24(16-20)34-18-23-17-31-15-4-3-10-25(31)28-23/h3-6,9-17,21H,1-2,7-8,18H2,(H,29,32)(H,30,33). The molecule has 0 radical (unpaired) electrons. The first-order valence-electron chi connectivity index (χ1n) is 11.5. The lowest BCUT2D eigenvalue weighted by Gasteiger charge is -2.12. The van der Waals surface area contributed by atoms with Crippen molar-refractivity contribution in [1.82, 2.24) is 14.7 Å². The highest BCUT2D eigenvalue weighted by Gasteiger charge is 2.18. The number of aromatic nitrogens is 2. The van der Waals surface area contributed by atoms with Crippen molar-refractivity contribution in [3.05, 3.63) is 95.9 Å². The van der Waals surface area contributed by atoms with Crippen LogP contribution in [0.2, 0.25) is 0 Å². The van der Waals surface area contributed by atoms with Gasteiger partial charge in [0.1, 0.15) is 18.0 Å². The average molecular weight is 455 g/mol. The minimum Gasteiger partial charge on any atom is -0.487 e. The third-order valence-electron chi connectivity index (χ3n) is 5.99. The van der Waals surface area contributed by atoms with Crippen LogP contribution in [0, 0.1) is 0 Å². The molecule has 0 bridgehead atoms. The van der Waals surface area contributed by atoms with Crippen LogP contribution in [-0.4, -0.2) is 27.2 Å². The number of nitrogens with one attached hydrogen (secondary N) is 2. The summed E-state index contributed by atoms with van der Waals surface area (Å²) in [6.07, 6.45) is 8.28. The highest BCUT2D eigenvalue weighted by molar-refractivity contribution is 6.04. The van der Waals surface area contributed by atoms with Crippen molar-refractivity contribution >= 4 is 23.1 Å². The first kappa shape index (κ1) is 21.7. The summed E-state index contributed by atoms with van der Waals surface area (Å²) in [6.45, 7) is 0.303. The zero-order valence-electron chi connectivity index (χ0n) is 18.7. The predicted molar refractivity (Wildman–Crippen MR) is 130 cm³/mol. The topological polar surface area (TPSA) is 84.7 Å². The van der Waals surface area contributed by atoms with E-state index in [1.54, 1.807) is 42.5 Å². The third-order valence-corrected chi connectivity index (χ3v) is 5.99. The maximum atomic E-state index is 12.7. The van der Waals surface area contributed by atoms with Gasteiger partial charge < -0.3 is 19.8 Å². The minimum absolute atomic E-state index is 0.0692. The Morgan fingerprint density at radius 3 is 2.56 bits per heavy atom. The molecule has 0 unspecified atom stereocenters. The maximum Gasteiger partial charge on any atom is 0.255 e. The van der Waals surface area contributed by atoms with E-state index < -0.39 is 0 Å². The molecule has 1 aliphatic rings. The monoisotopic (exact) mass is 454 g/mol. The maximum absolute atomic E-state index is 12.7. The normalized spacial score (nSPS) is 13.6. The number of anilines is 1. The summed E-state index contributed by atoms with van der Waals surface area (Å²) < 4.78 is 7.80. The van der Waals surface area contributed by atoms with Crippen LogP contribution in [-0.2, 0) is 6.61 Å². The van der Waals surface area contributed by atoms with Gasteiger partial charge in [-0.1, -0.05) is 25.0 Å². The van der Waals surface area contributed by atoms with Crippen LogP contribution in [0.4, 0.5) is 5.69 Å². The van der Waals surface area contributed by atoms with E-state index in [9.17, 15) is 9.59 Å². The molecular weight excluding hydrogens is 428 g/mol. The highest BCUT2D eigenvalue weighted by Crippen LogP contribution is 2.20. The first-order chi connectivity index (χ1) is 16.6. The number of hydrogen-bond acceptors (Lipinski definition) is 4. The Morgan fingerprint density at radius 1 is 0.941 bits per heavy atom. The molecule has 0 aliphatic heterocycles. The van der Waals surface area contributed by atoms with Crippen LogP contribution in [0.3, 0.4) is 0 Å². The number of carbonyl (C=O) groups excluding carboxylic acids is 2. The van der Waals surface area contributed by atoms with E-state index in [2.05, 4.69) is 15.6 Å². The van der Waals surface area contributed by atoms with Gasteiger partial charge in [-0.25, -0.2) is 4.98 Å². The summed E-state index contributed by atoms with van der Waals surface area (Å²) in [6, 6.07) is 20.1. The van der Waals surface area contributed by atoms with Crippen molar-refractivity contribution in [3.8, 4) is 5.75 Å². The fraction of sp³-hybridized carbons (Fsp3) is 0.222. The second-order valence-electron chi connectivity index (χ2n) is 8.50. The zero-order valence-corrected chi connectivity index (χ0v) is 18.7. The van der Waals surface area contributed by atoms with Crippen LogP contribution in [0.15, 0.2) is 79.1 Å². The van der Waals surface area contributed by atoms with Crippen LogP contribution in [0.5, 0.6) is 5.75 Å². The van der Waals surface area contributed by atoms with Crippen LogP contribution < -0.4 is 15.4 Å². The van der Waals surface area contributed by atoms with Crippen molar-refractivity contribution in [2.45, 2.75) is 38.3 Å². The first-order valence-corrected chi connectivity index (χ1v) is 11.5. The molecular formula is C27H26N4O3. The third kappa shape index (κ3) is 5.09. The molecule has 172 valence electrons.